The van der Waals surface area contributed by atoms with Crippen molar-refractivity contribution in [3.8, 4) is 6.07 Å². The molecule has 2 aromatic carbocycles. The van der Waals surface area contributed by atoms with Crippen molar-refractivity contribution in [2.24, 2.45) is 0 Å². The monoisotopic (exact) mass is 301 g/mol. The molecule has 5 nitrogen and oxygen atoms in total. The summed E-state index contributed by atoms with van der Waals surface area (Å²) in [5.74, 6) is -1.12. The molecule has 4 N–H and O–H groups in total. The summed E-state index contributed by atoms with van der Waals surface area (Å²) in [5, 5.41) is 21.0. The molecule has 2 aromatic rings. The number of nitrogens with two attached hydrogens (primary N) is 1. The van der Waals surface area contributed by atoms with Gasteiger partial charge in [-0.3, -0.25) is 0 Å². The van der Waals surface area contributed by atoms with Crippen molar-refractivity contribution in [1.29, 1.82) is 5.26 Å². The number of hydrogen-bond donors (Lipinski definition) is 3. The molecule has 0 aromatic heterocycles. The Morgan fingerprint density at radius 3 is 2.57 bits per heavy atom. The van der Waals surface area contributed by atoms with Crippen molar-refractivity contribution in [3.63, 3.8) is 0 Å². The molecular weight excluding hydrogens is 290 g/mol. The lowest BCUT2D eigenvalue weighted by molar-refractivity contribution is 0.0698. The van der Waals surface area contributed by atoms with Gasteiger partial charge in [-0.1, -0.05) is 23.7 Å². The third-order valence-corrected chi connectivity index (χ3v) is 3.15. The van der Waals surface area contributed by atoms with Crippen LogP contribution in [0.1, 0.15) is 15.9 Å². The van der Waals surface area contributed by atoms with Crippen LogP contribution in [0, 0.1) is 11.3 Å². The van der Waals surface area contributed by atoms with Crippen LogP contribution in [0.15, 0.2) is 36.4 Å². The highest BCUT2D eigenvalue weighted by Crippen LogP contribution is 2.32. The van der Waals surface area contributed by atoms with Gasteiger partial charge < -0.3 is 16.2 Å². The highest BCUT2D eigenvalue weighted by Gasteiger charge is 2.15. The number of aromatic carboxylic acids is 1. The second-order valence-electron chi connectivity index (χ2n) is 4.39. The van der Waals surface area contributed by atoms with Crippen molar-refractivity contribution >= 4 is 34.6 Å². The van der Waals surface area contributed by atoms with E-state index in [9.17, 15) is 9.90 Å². The fourth-order valence-electron chi connectivity index (χ4n) is 1.86. The zero-order chi connectivity index (χ0) is 15.4. The van der Waals surface area contributed by atoms with Gasteiger partial charge in [0.1, 0.15) is 0 Å². The highest BCUT2D eigenvalue weighted by atomic mass is 35.5. The number of nitrogen functional groups attached to an aromatic ring is 1. The number of carboxylic acids is 1. The van der Waals surface area contributed by atoms with Gasteiger partial charge in [0.25, 0.3) is 0 Å². The van der Waals surface area contributed by atoms with Gasteiger partial charge in [-0.05, 0) is 29.8 Å². The first-order valence-corrected chi connectivity index (χ1v) is 6.44. The van der Waals surface area contributed by atoms with E-state index in [4.69, 9.17) is 22.6 Å². The Morgan fingerprint density at radius 2 is 2.00 bits per heavy atom. The molecule has 0 saturated carbocycles. The van der Waals surface area contributed by atoms with Crippen LogP contribution in [-0.4, -0.2) is 11.1 Å². The fraction of sp³-hybridized carbons (Fsp3) is 0.0667. The van der Waals surface area contributed by atoms with Crippen molar-refractivity contribution in [2.75, 3.05) is 11.1 Å². The zero-order valence-corrected chi connectivity index (χ0v) is 11.7. The number of benzene rings is 2. The van der Waals surface area contributed by atoms with Crippen LogP contribution in [0.3, 0.4) is 0 Å². The second-order valence-corrected chi connectivity index (χ2v) is 4.79. The lowest BCUT2D eigenvalue weighted by atomic mass is 10.1. The predicted molar refractivity (Wildman–Crippen MR) is 81.9 cm³/mol. The maximum Gasteiger partial charge on any atom is 0.337 e. The van der Waals surface area contributed by atoms with Crippen molar-refractivity contribution < 1.29 is 9.90 Å². The molecule has 0 amide bonds. The molecule has 2 rings (SSSR count). The van der Waals surface area contributed by atoms with Gasteiger partial charge in [-0.2, -0.15) is 5.26 Å². The Labute approximate surface area is 126 Å². The summed E-state index contributed by atoms with van der Waals surface area (Å²) in [6.07, 6.45) is 0.323. The SMILES string of the molecule is N#CCc1ccc(Nc2c(Cl)cc(N)cc2C(=O)O)cc1. The second kappa shape index (κ2) is 6.16. The molecule has 0 aliphatic rings. The molecule has 0 fully saturated rings. The summed E-state index contributed by atoms with van der Waals surface area (Å²) in [7, 11) is 0. The Hall–Kier alpha value is -2.71. The van der Waals surface area contributed by atoms with Crippen molar-refractivity contribution in [3.05, 3.63) is 52.5 Å². The van der Waals surface area contributed by atoms with E-state index in [2.05, 4.69) is 11.4 Å². The number of rotatable bonds is 4. The summed E-state index contributed by atoms with van der Waals surface area (Å²) in [4.78, 5) is 11.3. The maximum atomic E-state index is 11.3. The summed E-state index contributed by atoms with van der Waals surface area (Å²) in [5.41, 5.74) is 7.73. The number of carboxylic acid groups (broad SMARTS) is 1. The summed E-state index contributed by atoms with van der Waals surface area (Å²) >= 11 is 6.06. The quantitative estimate of drug-likeness (QED) is 0.751. The van der Waals surface area contributed by atoms with E-state index in [0.717, 1.165) is 5.56 Å². The van der Waals surface area contributed by atoms with Crippen LogP contribution in [0.25, 0.3) is 0 Å². The number of anilines is 3. The highest BCUT2D eigenvalue weighted by molar-refractivity contribution is 6.34. The molecule has 0 bridgehead atoms. The van der Waals surface area contributed by atoms with Gasteiger partial charge in [0.05, 0.1) is 28.8 Å². The standard InChI is InChI=1S/C15H12ClN3O2/c16-13-8-10(18)7-12(15(20)21)14(13)19-11-3-1-9(2-4-11)5-6-17/h1-4,7-8,19H,5,18H2,(H,20,21). The first-order valence-electron chi connectivity index (χ1n) is 6.06. The summed E-state index contributed by atoms with van der Waals surface area (Å²) in [6, 6.07) is 12.0. The molecule has 106 valence electrons. The van der Waals surface area contributed by atoms with E-state index in [-0.39, 0.29) is 22.0 Å². The number of nitrogens with one attached hydrogen (secondary N) is 1. The minimum atomic E-state index is -1.12. The number of hydrogen-bond acceptors (Lipinski definition) is 4. The average Bonchev–Trinajstić information content (AvgIpc) is 2.43. The molecule has 0 heterocycles. The first-order chi connectivity index (χ1) is 10.0. The Bertz CT molecular complexity index is 721. The van der Waals surface area contributed by atoms with E-state index >= 15 is 0 Å². The molecule has 0 atom stereocenters. The molecule has 21 heavy (non-hydrogen) atoms. The molecule has 0 radical (unpaired) electrons. The van der Waals surface area contributed by atoms with Gasteiger partial charge in [0.15, 0.2) is 0 Å². The predicted octanol–water partition coefficient (Wildman–Crippen LogP) is 3.43. The number of nitriles is 1. The number of nitrogens with zero attached hydrogens (tertiary/aromatic N) is 1. The third kappa shape index (κ3) is 3.44. The topological polar surface area (TPSA) is 99.1 Å². The molecule has 6 heteroatoms. The summed E-state index contributed by atoms with van der Waals surface area (Å²) in [6.45, 7) is 0. The lowest BCUT2D eigenvalue weighted by Crippen LogP contribution is -2.05. The van der Waals surface area contributed by atoms with Crippen molar-refractivity contribution in [2.45, 2.75) is 6.42 Å². The minimum absolute atomic E-state index is 0.00102. The maximum absolute atomic E-state index is 11.3. The van der Waals surface area contributed by atoms with Gasteiger partial charge in [0, 0.05) is 11.4 Å². The van der Waals surface area contributed by atoms with E-state index in [0.29, 0.717) is 12.1 Å². The normalized spacial score (nSPS) is 9.90. The Morgan fingerprint density at radius 1 is 1.33 bits per heavy atom. The van der Waals surface area contributed by atoms with E-state index < -0.39 is 5.97 Å². The van der Waals surface area contributed by atoms with Crippen LogP contribution in [0.5, 0.6) is 0 Å². The smallest absolute Gasteiger partial charge is 0.337 e. The van der Waals surface area contributed by atoms with Gasteiger partial charge in [0.2, 0.25) is 0 Å². The third-order valence-electron chi connectivity index (χ3n) is 2.85. The van der Waals surface area contributed by atoms with Crippen LogP contribution < -0.4 is 11.1 Å². The first kappa shape index (κ1) is 14.7. The molecule has 0 aliphatic carbocycles. The van der Waals surface area contributed by atoms with E-state index in [1.54, 1.807) is 24.3 Å². The number of halogens is 1. The van der Waals surface area contributed by atoms with Crippen LogP contribution in [0.4, 0.5) is 17.1 Å². The molecule has 0 saturated heterocycles. The average molecular weight is 302 g/mol. The minimum Gasteiger partial charge on any atom is -0.478 e. The molecule has 0 spiro atoms. The molecule has 0 aliphatic heterocycles. The van der Waals surface area contributed by atoms with Gasteiger partial charge in [-0.15, -0.1) is 0 Å². The van der Waals surface area contributed by atoms with Gasteiger partial charge in [-0.25, -0.2) is 4.79 Å². The largest absolute Gasteiger partial charge is 0.478 e. The van der Waals surface area contributed by atoms with Crippen LogP contribution in [0.2, 0.25) is 5.02 Å². The van der Waals surface area contributed by atoms with E-state index in [1.807, 2.05) is 0 Å². The lowest BCUT2D eigenvalue weighted by Gasteiger charge is -2.13. The van der Waals surface area contributed by atoms with Gasteiger partial charge >= 0.3 is 5.97 Å². The van der Waals surface area contributed by atoms with Crippen LogP contribution >= 0.6 is 11.6 Å². The van der Waals surface area contributed by atoms with Crippen molar-refractivity contribution in [1.82, 2.24) is 0 Å². The summed E-state index contributed by atoms with van der Waals surface area (Å²) < 4.78 is 0. The van der Waals surface area contributed by atoms with E-state index in [1.165, 1.54) is 12.1 Å². The number of carbonyl (C=O) groups is 1. The Balaban J connectivity index is 2.35. The Kier molecular flexibility index (Phi) is 4.31. The molecule has 0 unspecified atom stereocenters. The fourth-order valence-corrected chi connectivity index (χ4v) is 2.14. The molecular formula is C15H12ClN3O2. The zero-order valence-electron chi connectivity index (χ0n) is 10.9. The van der Waals surface area contributed by atoms with Crippen LogP contribution in [-0.2, 0) is 6.42 Å².